The van der Waals surface area contributed by atoms with E-state index in [2.05, 4.69) is 10.1 Å². The monoisotopic (exact) mass is 339 g/mol. The summed E-state index contributed by atoms with van der Waals surface area (Å²) in [6.07, 6.45) is 2.14. The Bertz CT molecular complexity index is 585. The molecule has 2 rings (SSSR count). The first-order valence-electron chi connectivity index (χ1n) is 7.80. The minimum Gasteiger partial charge on any atom is -0.342 e. The molecule has 0 radical (unpaired) electrons. The lowest BCUT2D eigenvalue weighted by atomic mass is 9.96. The summed E-state index contributed by atoms with van der Waals surface area (Å²) in [5.41, 5.74) is -0.258. The molecule has 0 N–H and O–H groups in total. The highest BCUT2D eigenvalue weighted by Crippen LogP contribution is 2.24. The summed E-state index contributed by atoms with van der Waals surface area (Å²) in [4.78, 5) is 32.3. The van der Waals surface area contributed by atoms with Crippen LogP contribution in [0.25, 0.3) is 0 Å². The smallest absolute Gasteiger partial charge is 0.342 e. The van der Waals surface area contributed by atoms with E-state index in [1.807, 2.05) is 25.7 Å². The molecule has 0 aliphatic carbocycles. The molecular weight excluding hydrogens is 314 g/mol. The molecule has 23 heavy (non-hydrogen) atoms. The van der Waals surface area contributed by atoms with Crippen molar-refractivity contribution in [3.8, 4) is 0 Å². The second-order valence-electron chi connectivity index (χ2n) is 6.93. The largest absolute Gasteiger partial charge is 0.346 e. The van der Waals surface area contributed by atoms with Crippen LogP contribution in [0.15, 0.2) is 5.16 Å². The molecule has 0 unspecified atom stereocenters. The lowest BCUT2D eigenvalue weighted by Crippen LogP contribution is -2.30. The first-order chi connectivity index (χ1) is 10.7. The highest BCUT2D eigenvalue weighted by Gasteiger charge is 2.26. The number of carbonyl (C=O) groups excluding carboxylic acids is 2. The zero-order valence-corrected chi connectivity index (χ0v) is 15.3. The fourth-order valence-electron chi connectivity index (χ4n) is 2.21. The number of amides is 2. The third kappa shape index (κ3) is 4.25. The van der Waals surface area contributed by atoms with Crippen molar-refractivity contribution in [2.75, 3.05) is 32.9 Å². The van der Waals surface area contributed by atoms with Gasteiger partial charge in [0.1, 0.15) is 0 Å². The molecule has 1 aliphatic rings. The van der Waals surface area contributed by atoms with Crippen molar-refractivity contribution in [1.29, 1.82) is 0 Å². The second kappa shape index (κ2) is 6.90. The van der Waals surface area contributed by atoms with E-state index in [0.717, 1.165) is 25.9 Å². The van der Waals surface area contributed by atoms with E-state index < -0.39 is 0 Å². The van der Waals surface area contributed by atoms with Gasteiger partial charge in [0.15, 0.2) is 11.0 Å². The quantitative estimate of drug-likeness (QED) is 0.786. The minimum atomic E-state index is -0.260. The van der Waals surface area contributed by atoms with Crippen LogP contribution < -0.4 is 0 Å². The second-order valence-corrected chi connectivity index (χ2v) is 7.88. The Morgan fingerprint density at radius 1 is 1.22 bits per heavy atom. The molecule has 0 aromatic carbocycles. The summed E-state index contributed by atoms with van der Waals surface area (Å²) in [6.45, 7) is 7.65. The van der Waals surface area contributed by atoms with Gasteiger partial charge in [0.25, 0.3) is 0 Å². The van der Waals surface area contributed by atoms with E-state index in [4.69, 9.17) is 0 Å². The van der Waals surface area contributed by atoms with Crippen molar-refractivity contribution >= 4 is 23.7 Å². The Kier molecular flexibility index (Phi) is 5.33. The first kappa shape index (κ1) is 17.8. The summed E-state index contributed by atoms with van der Waals surface area (Å²) in [5.74, 6) is 0.976. The van der Waals surface area contributed by atoms with E-state index in [0.29, 0.717) is 11.0 Å². The van der Waals surface area contributed by atoms with Crippen molar-refractivity contribution in [3.63, 3.8) is 0 Å². The van der Waals surface area contributed by atoms with Gasteiger partial charge in [-0.25, -0.2) is 9.78 Å². The molecule has 1 saturated heterocycles. The molecule has 2 heterocycles. The van der Waals surface area contributed by atoms with Crippen LogP contribution in [0.2, 0.25) is 0 Å². The van der Waals surface area contributed by atoms with Gasteiger partial charge in [-0.15, -0.1) is 5.10 Å². The molecule has 0 spiro atoms. The van der Waals surface area contributed by atoms with Crippen LogP contribution in [0.5, 0.6) is 0 Å². The molecule has 1 aromatic rings. The fourth-order valence-corrected chi connectivity index (χ4v) is 3.03. The van der Waals surface area contributed by atoms with Crippen molar-refractivity contribution < 1.29 is 9.59 Å². The van der Waals surface area contributed by atoms with Crippen LogP contribution in [0.4, 0.5) is 4.79 Å². The van der Waals surface area contributed by atoms with Gasteiger partial charge in [0.05, 0.1) is 5.75 Å². The topological polar surface area (TPSA) is 71.3 Å². The summed E-state index contributed by atoms with van der Waals surface area (Å²) in [6, 6.07) is -0.260. The maximum atomic E-state index is 12.3. The summed E-state index contributed by atoms with van der Waals surface area (Å²) < 4.78 is 1.29. The predicted molar refractivity (Wildman–Crippen MR) is 89.7 cm³/mol. The molecule has 1 aliphatic heterocycles. The number of carbonyl (C=O) groups is 2. The normalized spacial score (nSPS) is 15.1. The number of thioether (sulfide) groups is 1. The summed E-state index contributed by atoms with van der Waals surface area (Å²) in [7, 11) is 3.34. The molecule has 0 saturated carbocycles. The number of likely N-dealkylation sites (tertiary alicyclic amines) is 1. The Hall–Kier alpha value is -1.57. The number of aromatic nitrogens is 3. The molecule has 7 nitrogen and oxygen atoms in total. The van der Waals surface area contributed by atoms with Crippen molar-refractivity contribution in [2.45, 2.75) is 44.2 Å². The van der Waals surface area contributed by atoms with Crippen molar-refractivity contribution in [1.82, 2.24) is 24.6 Å². The highest BCUT2D eigenvalue weighted by atomic mass is 32.2. The van der Waals surface area contributed by atoms with Crippen LogP contribution in [-0.2, 0) is 10.2 Å². The molecular formula is C15H25N5O2S. The third-order valence-electron chi connectivity index (χ3n) is 3.60. The van der Waals surface area contributed by atoms with Gasteiger partial charge in [-0.1, -0.05) is 32.5 Å². The summed E-state index contributed by atoms with van der Waals surface area (Å²) >= 11 is 1.28. The Labute approximate surface area is 141 Å². The standard InChI is InChI=1S/C15H25N5O2S/c1-15(2,3)12-16-13(20(17-12)14(22)18(4)5)23-10-11(21)19-8-6-7-9-19/h6-10H2,1-5H3. The predicted octanol–water partition coefficient (Wildman–Crippen LogP) is 1.82. The van der Waals surface area contributed by atoms with Gasteiger partial charge in [0, 0.05) is 32.6 Å². The zero-order chi connectivity index (χ0) is 17.2. The zero-order valence-electron chi connectivity index (χ0n) is 14.5. The number of rotatable bonds is 3. The maximum Gasteiger partial charge on any atom is 0.346 e. The lowest BCUT2D eigenvalue weighted by Gasteiger charge is -2.15. The molecule has 1 aromatic heterocycles. The fraction of sp³-hybridized carbons (Fsp3) is 0.733. The van der Waals surface area contributed by atoms with E-state index in [9.17, 15) is 9.59 Å². The Balaban J connectivity index is 2.16. The molecule has 2 amide bonds. The number of hydrogen-bond donors (Lipinski definition) is 0. The van der Waals surface area contributed by atoms with Crippen LogP contribution >= 0.6 is 11.8 Å². The summed E-state index contributed by atoms with van der Waals surface area (Å²) in [5, 5.41) is 4.82. The number of hydrogen-bond acceptors (Lipinski definition) is 5. The highest BCUT2D eigenvalue weighted by molar-refractivity contribution is 7.99. The third-order valence-corrected chi connectivity index (χ3v) is 4.51. The Morgan fingerprint density at radius 3 is 2.35 bits per heavy atom. The maximum absolute atomic E-state index is 12.3. The van der Waals surface area contributed by atoms with Gasteiger partial charge in [-0.3, -0.25) is 4.79 Å². The lowest BCUT2D eigenvalue weighted by molar-refractivity contribution is -0.127. The van der Waals surface area contributed by atoms with Crippen molar-refractivity contribution in [3.05, 3.63) is 5.82 Å². The average molecular weight is 339 g/mol. The molecule has 0 bridgehead atoms. The first-order valence-corrected chi connectivity index (χ1v) is 8.78. The van der Waals surface area contributed by atoms with Gasteiger partial charge in [-0.05, 0) is 12.8 Å². The van der Waals surface area contributed by atoms with Crippen LogP contribution in [0, 0.1) is 0 Å². The van der Waals surface area contributed by atoms with Crippen LogP contribution in [-0.4, -0.2) is 69.4 Å². The molecule has 8 heteroatoms. The number of nitrogens with zero attached hydrogens (tertiary/aromatic N) is 5. The Morgan fingerprint density at radius 2 is 1.83 bits per heavy atom. The molecule has 128 valence electrons. The van der Waals surface area contributed by atoms with Gasteiger partial charge in [-0.2, -0.15) is 4.68 Å². The van der Waals surface area contributed by atoms with E-state index in [1.165, 1.54) is 21.3 Å². The van der Waals surface area contributed by atoms with Gasteiger partial charge >= 0.3 is 6.03 Å². The minimum absolute atomic E-state index is 0.0941. The van der Waals surface area contributed by atoms with Gasteiger partial charge < -0.3 is 9.80 Å². The SMILES string of the molecule is CN(C)C(=O)n1nc(C(C)(C)C)nc1SCC(=O)N1CCCC1. The van der Waals surface area contributed by atoms with Gasteiger partial charge in [0.2, 0.25) is 5.91 Å². The van der Waals surface area contributed by atoms with Crippen LogP contribution in [0.3, 0.4) is 0 Å². The van der Waals surface area contributed by atoms with Crippen molar-refractivity contribution in [2.24, 2.45) is 0 Å². The van der Waals surface area contributed by atoms with E-state index >= 15 is 0 Å². The van der Waals surface area contributed by atoms with E-state index in [1.54, 1.807) is 14.1 Å². The molecule has 0 atom stereocenters. The van der Waals surface area contributed by atoms with E-state index in [-0.39, 0.29) is 23.1 Å². The van der Waals surface area contributed by atoms with Crippen LogP contribution in [0.1, 0.15) is 39.4 Å². The average Bonchev–Trinajstić information content (AvgIpc) is 3.12. The molecule has 1 fully saturated rings.